The van der Waals surface area contributed by atoms with Crippen molar-refractivity contribution in [1.29, 1.82) is 0 Å². The summed E-state index contributed by atoms with van der Waals surface area (Å²) in [6, 6.07) is 1.45. The van der Waals surface area contributed by atoms with Crippen molar-refractivity contribution < 1.29 is 14.3 Å². The van der Waals surface area contributed by atoms with Crippen LogP contribution in [0.3, 0.4) is 0 Å². The maximum Gasteiger partial charge on any atom is 0.252 e. The van der Waals surface area contributed by atoms with Crippen molar-refractivity contribution in [1.82, 2.24) is 5.32 Å². The van der Waals surface area contributed by atoms with Gasteiger partial charge in [-0.05, 0) is 19.0 Å². The third-order valence-corrected chi connectivity index (χ3v) is 4.19. The number of nitrogens with one attached hydrogen (secondary N) is 1. The largest absolute Gasteiger partial charge is 0.496 e. The van der Waals surface area contributed by atoms with E-state index < -0.39 is 5.91 Å². The summed E-state index contributed by atoms with van der Waals surface area (Å²) in [5.41, 5.74) is 12.9. The Kier molecular flexibility index (Phi) is 4.92. The van der Waals surface area contributed by atoms with E-state index in [-0.39, 0.29) is 17.6 Å². The summed E-state index contributed by atoms with van der Waals surface area (Å²) in [5, 5.41) is 3.56. The molecule has 2 atom stereocenters. The van der Waals surface area contributed by atoms with Crippen molar-refractivity contribution >= 4 is 23.2 Å². The van der Waals surface area contributed by atoms with Crippen LogP contribution in [0.2, 0.25) is 5.02 Å². The van der Waals surface area contributed by atoms with Gasteiger partial charge in [0.05, 0.1) is 29.5 Å². The van der Waals surface area contributed by atoms with Gasteiger partial charge in [0, 0.05) is 25.1 Å². The number of halogens is 1. The summed E-state index contributed by atoms with van der Waals surface area (Å²) in [6.07, 6.45) is 0.728. The van der Waals surface area contributed by atoms with Crippen molar-refractivity contribution in [3.63, 3.8) is 0 Å². The molecule has 5 N–H and O–H groups in total. The van der Waals surface area contributed by atoms with Gasteiger partial charge >= 0.3 is 0 Å². The van der Waals surface area contributed by atoms with E-state index in [4.69, 9.17) is 32.5 Å². The number of primary amides is 1. The third kappa shape index (κ3) is 2.92. The first-order valence-corrected chi connectivity index (χ1v) is 7.08. The van der Waals surface area contributed by atoms with Crippen LogP contribution in [-0.2, 0) is 4.74 Å². The minimum Gasteiger partial charge on any atom is -0.496 e. The molecular formula is C14H20ClN3O3. The molecule has 0 radical (unpaired) electrons. The highest BCUT2D eigenvalue weighted by Crippen LogP contribution is 2.43. The van der Waals surface area contributed by atoms with E-state index in [1.54, 1.807) is 7.11 Å². The number of anilines is 1. The molecule has 0 aliphatic carbocycles. The van der Waals surface area contributed by atoms with Crippen molar-refractivity contribution in [2.75, 3.05) is 33.0 Å². The van der Waals surface area contributed by atoms with Crippen molar-refractivity contribution in [2.24, 2.45) is 5.73 Å². The number of rotatable bonds is 4. The molecule has 21 heavy (non-hydrogen) atoms. The van der Waals surface area contributed by atoms with Gasteiger partial charge in [-0.3, -0.25) is 4.79 Å². The zero-order chi connectivity index (χ0) is 15.6. The van der Waals surface area contributed by atoms with Gasteiger partial charge in [-0.1, -0.05) is 11.6 Å². The highest BCUT2D eigenvalue weighted by atomic mass is 35.5. The molecule has 0 aromatic heterocycles. The zero-order valence-electron chi connectivity index (χ0n) is 12.1. The Morgan fingerprint density at radius 1 is 1.48 bits per heavy atom. The minimum atomic E-state index is -0.599. The highest BCUT2D eigenvalue weighted by Gasteiger charge is 2.33. The molecule has 1 saturated heterocycles. The molecule has 0 bridgehead atoms. The van der Waals surface area contributed by atoms with E-state index in [1.807, 2.05) is 0 Å². The topological polar surface area (TPSA) is 99.6 Å². The Labute approximate surface area is 128 Å². The normalized spacial score (nSPS) is 22.0. The molecule has 2 rings (SSSR count). The molecule has 1 heterocycles. The lowest BCUT2D eigenvalue weighted by molar-refractivity contribution is 0.0619. The van der Waals surface area contributed by atoms with Crippen LogP contribution in [0.25, 0.3) is 0 Å². The Balaban J connectivity index is 2.62. The highest BCUT2D eigenvalue weighted by molar-refractivity contribution is 6.33. The van der Waals surface area contributed by atoms with Crippen molar-refractivity contribution in [3.05, 3.63) is 22.2 Å². The van der Waals surface area contributed by atoms with Crippen LogP contribution in [0.15, 0.2) is 6.07 Å². The lowest BCUT2D eigenvalue weighted by Crippen LogP contribution is -2.41. The number of amides is 1. The van der Waals surface area contributed by atoms with E-state index in [0.717, 1.165) is 13.0 Å². The lowest BCUT2D eigenvalue weighted by Gasteiger charge is -2.33. The monoisotopic (exact) mass is 313 g/mol. The Hall–Kier alpha value is -1.50. The number of carbonyl (C=O) groups excluding carboxylic acids is 1. The fraction of sp³-hybridized carbons (Fsp3) is 0.500. The van der Waals surface area contributed by atoms with Crippen LogP contribution in [0.1, 0.15) is 28.3 Å². The number of nitrogens with two attached hydrogens (primary N) is 2. The second-order valence-corrected chi connectivity index (χ2v) is 5.41. The standard InChI is InChI=1S/C14H20ClN3O3/c1-20-10-6-18-4-3-7(10)11-12(16)9(15)5-8(14(17)19)13(11)21-2/h5,7,10,18H,3-4,6,16H2,1-2H3,(H2,17,19)/t7-,10+/m0/s1. The number of piperidine rings is 1. The van der Waals surface area contributed by atoms with Gasteiger partial charge < -0.3 is 26.3 Å². The van der Waals surface area contributed by atoms with Gasteiger partial charge in [-0.15, -0.1) is 0 Å². The Morgan fingerprint density at radius 3 is 2.76 bits per heavy atom. The maximum absolute atomic E-state index is 11.6. The first-order chi connectivity index (χ1) is 10.0. The summed E-state index contributed by atoms with van der Waals surface area (Å²) in [5.74, 6) is -0.223. The van der Waals surface area contributed by atoms with Gasteiger partial charge in [0.1, 0.15) is 5.75 Å². The molecule has 1 aromatic rings. The van der Waals surface area contributed by atoms with E-state index in [9.17, 15) is 4.79 Å². The quantitative estimate of drug-likeness (QED) is 0.723. The van der Waals surface area contributed by atoms with Gasteiger partial charge in [0.25, 0.3) is 5.91 Å². The van der Waals surface area contributed by atoms with Gasteiger partial charge in [0.2, 0.25) is 0 Å². The summed E-state index contributed by atoms with van der Waals surface area (Å²) < 4.78 is 10.9. The summed E-state index contributed by atoms with van der Waals surface area (Å²) >= 11 is 6.16. The number of carbonyl (C=O) groups is 1. The van der Waals surface area contributed by atoms with E-state index in [2.05, 4.69) is 5.32 Å². The van der Waals surface area contributed by atoms with Crippen LogP contribution in [0.5, 0.6) is 5.75 Å². The molecule has 1 aliphatic heterocycles. The zero-order valence-corrected chi connectivity index (χ0v) is 12.9. The SMILES string of the molecule is COc1c(C(N)=O)cc(Cl)c(N)c1[C@H]1CCNC[C@H]1OC. The van der Waals surface area contributed by atoms with Crippen molar-refractivity contribution in [3.8, 4) is 5.75 Å². The summed E-state index contributed by atoms with van der Waals surface area (Å²) in [7, 11) is 3.13. The van der Waals surface area contributed by atoms with Crippen LogP contribution in [0, 0.1) is 0 Å². The number of hydrogen-bond acceptors (Lipinski definition) is 5. The van der Waals surface area contributed by atoms with E-state index >= 15 is 0 Å². The molecule has 1 aromatic carbocycles. The second-order valence-electron chi connectivity index (χ2n) is 5.00. The van der Waals surface area contributed by atoms with Crippen LogP contribution in [0.4, 0.5) is 5.69 Å². The molecule has 0 spiro atoms. The average molecular weight is 314 g/mol. The van der Waals surface area contributed by atoms with E-state index in [0.29, 0.717) is 28.6 Å². The molecule has 1 fully saturated rings. The fourth-order valence-electron chi connectivity index (χ4n) is 2.84. The predicted octanol–water partition coefficient (Wildman–Crippen LogP) is 1.12. The Bertz CT molecular complexity index is 551. The molecule has 1 amide bonds. The van der Waals surface area contributed by atoms with Crippen LogP contribution < -0.4 is 21.5 Å². The van der Waals surface area contributed by atoms with Crippen LogP contribution in [-0.4, -0.2) is 39.3 Å². The molecule has 1 aliphatic rings. The van der Waals surface area contributed by atoms with Crippen LogP contribution >= 0.6 is 11.6 Å². The van der Waals surface area contributed by atoms with E-state index in [1.165, 1.54) is 13.2 Å². The smallest absolute Gasteiger partial charge is 0.252 e. The second kappa shape index (κ2) is 6.51. The first kappa shape index (κ1) is 15.9. The average Bonchev–Trinajstić information content (AvgIpc) is 2.49. The lowest BCUT2D eigenvalue weighted by atomic mass is 9.85. The number of benzene rings is 1. The molecule has 0 saturated carbocycles. The molecular weight excluding hydrogens is 294 g/mol. The fourth-order valence-corrected chi connectivity index (χ4v) is 3.06. The number of nitrogen functional groups attached to an aromatic ring is 1. The summed E-state index contributed by atoms with van der Waals surface area (Å²) in [6.45, 7) is 1.52. The van der Waals surface area contributed by atoms with Gasteiger partial charge in [-0.2, -0.15) is 0 Å². The van der Waals surface area contributed by atoms with Gasteiger partial charge in [0.15, 0.2) is 0 Å². The third-order valence-electron chi connectivity index (χ3n) is 3.88. The number of hydrogen-bond donors (Lipinski definition) is 3. The molecule has 116 valence electrons. The number of ether oxygens (including phenoxy) is 2. The maximum atomic E-state index is 11.6. The summed E-state index contributed by atoms with van der Waals surface area (Å²) in [4.78, 5) is 11.6. The van der Waals surface area contributed by atoms with Gasteiger partial charge in [-0.25, -0.2) is 0 Å². The molecule has 7 heteroatoms. The van der Waals surface area contributed by atoms with Crippen molar-refractivity contribution in [2.45, 2.75) is 18.4 Å². The first-order valence-electron chi connectivity index (χ1n) is 6.70. The number of methoxy groups -OCH3 is 2. The minimum absolute atomic E-state index is 0.0111. The molecule has 6 nitrogen and oxygen atoms in total. The predicted molar refractivity (Wildman–Crippen MR) is 82.0 cm³/mol. The molecule has 0 unspecified atom stereocenters. The Morgan fingerprint density at radius 2 is 2.19 bits per heavy atom.